The van der Waals surface area contributed by atoms with E-state index in [1.807, 2.05) is 12.1 Å². The van der Waals surface area contributed by atoms with Crippen LogP contribution in [0.15, 0.2) is 52.0 Å². The molecule has 0 spiro atoms. The van der Waals surface area contributed by atoms with E-state index in [0.29, 0.717) is 0 Å². The fourth-order valence-electron chi connectivity index (χ4n) is 3.11. The van der Waals surface area contributed by atoms with E-state index in [0.717, 1.165) is 38.2 Å². The number of hydrogen-bond acceptors (Lipinski definition) is 6. The average molecular weight is 379 g/mol. The van der Waals surface area contributed by atoms with E-state index < -0.39 is 20.6 Å². The molecule has 2 heterocycles. The van der Waals surface area contributed by atoms with E-state index in [4.69, 9.17) is 4.42 Å². The molecule has 0 radical (unpaired) electrons. The second kappa shape index (κ2) is 7.98. The highest BCUT2D eigenvalue weighted by molar-refractivity contribution is 7.89. The van der Waals surface area contributed by atoms with Crippen LogP contribution in [-0.4, -0.2) is 37.9 Å². The van der Waals surface area contributed by atoms with Crippen LogP contribution in [0.5, 0.6) is 0 Å². The Morgan fingerprint density at radius 1 is 1.19 bits per heavy atom. The molecule has 1 aromatic carbocycles. The molecule has 8 nitrogen and oxygen atoms in total. The second-order valence-corrected chi connectivity index (χ2v) is 8.11. The van der Waals surface area contributed by atoms with Gasteiger partial charge in [0.1, 0.15) is 5.76 Å². The van der Waals surface area contributed by atoms with Gasteiger partial charge in [-0.15, -0.1) is 0 Å². The van der Waals surface area contributed by atoms with Gasteiger partial charge in [0.05, 0.1) is 17.7 Å². The van der Waals surface area contributed by atoms with Gasteiger partial charge in [0.15, 0.2) is 4.90 Å². The topological polar surface area (TPSA) is 106 Å². The van der Waals surface area contributed by atoms with Gasteiger partial charge in [0, 0.05) is 12.6 Å². The van der Waals surface area contributed by atoms with Gasteiger partial charge in [-0.25, -0.2) is 13.1 Å². The lowest BCUT2D eigenvalue weighted by Crippen LogP contribution is -2.38. The van der Waals surface area contributed by atoms with E-state index in [2.05, 4.69) is 9.62 Å². The first-order valence-corrected chi connectivity index (χ1v) is 9.92. The summed E-state index contributed by atoms with van der Waals surface area (Å²) in [4.78, 5) is 12.3. The Balaban J connectivity index is 1.54. The number of para-hydroxylation sites is 1. The summed E-state index contributed by atoms with van der Waals surface area (Å²) in [6.07, 6.45) is 3.37. The molecule has 1 aliphatic rings. The summed E-state index contributed by atoms with van der Waals surface area (Å²) in [7, 11) is -3.91. The molecule has 0 saturated carbocycles. The van der Waals surface area contributed by atoms with Crippen LogP contribution in [0.1, 0.15) is 18.6 Å². The summed E-state index contributed by atoms with van der Waals surface area (Å²) in [5.74, 6) is 1.13. The molecule has 9 heteroatoms. The zero-order chi connectivity index (χ0) is 18.6. The van der Waals surface area contributed by atoms with Crippen molar-refractivity contribution in [3.8, 4) is 0 Å². The maximum atomic E-state index is 12.4. The molecule has 0 bridgehead atoms. The van der Waals surface area contributed by atoms with Crippen LogP contribution in [-0.2, 0) is 16.6 Å². The third-order valence-corrected chi connectivity index (χ3v) is 6.05. The monoisotopic (exact) mass is 379 g/mol. The summed E-state index contributed by atoms with van der Waals surface area (Å²) >= 11 is 0. The zero-order valence-electron chi connectivity index (χ0n) is 14.2. The van der Waals surface area contributed by atoms with Crippen LogP contribution >= 0.6 is 0 Å². The number of piperidine rings is 1. The van der Waals surface area contributed by atoms with Gasteiger partial charge in [0.25, 0.3) is 5.69 Å². The molecule has 3 rings (SSSR count). The van der Waals surface area contributed by atoms with Crippen LogP contribution in [0.4, 0.5) is 5.69 Å². The van der Waals surface area contributed by atoms with E-state index in [1.165, 1.54) is 24.3 Å². The average Bonchev–Trinajstić information content (AvgIpc) is 3.14. The molecule has 1 saturated heterocycles. The maximum Gasteiger partial charge on any atom is 0.289 e. The Hall–Kier alpha value is -2.23. The Labute approximate surface area is 152 Å². The molecule has 0 unspecified atom stereocenters. The SMILES string of the molecule is O=[N+]([O-])c1ccccc1S(=O)(=O)NCC1CCN(Cc2ccco2)CC1. The van der Waals surface area contributed by atoms with Crippen molar-refractivity contribution in [2.75, 3.05) is 19.6 Å². The highest BCUT2D eigenvalue weighted by Gasteiger charge is 2.27. The minimum Gasteiger partial charge on any atom is -0.468 e. The van der Waals surface area contributed by atoms with Crippen LogP contribution in [0.3, 0.4) is 0 Å². The van der Waals surface area contributed by atoms with Gasteiger partial charge in [-0.3, -0.25) is 15.0 Å². The fourth-order valence-corrected chi connectivity index (χ4v) is 4.40. The van der Waals surface area contributed by atoms with E-state index in [-0.39, 0.29) is 17.4 Å². The Morgan fingerprint density at radius 2 is 1.92 bits per heavy atom. The highest BCUT2D eigenvalue weighted by atomic mass is 32.2. The Bertz CT molecular complexity index is 843. The number of sulfonamides is 1. The molecule has 2 aromatic rings. The number of rotatable bonds is 7. The Morgan fingerprint density at radius 3 is 2.58 bits per heavy atom. The van der Waals surface area contributed by atoms with E-state index in [9.17, 15) is 18.5 Å². The van der Waals surface area contributed by atoms with Crippen molar-refractivity contribution in [2.45, 2.75) is 24.3 Å². The molecule has 140 valence electrons. The molecule has 0 amide bonds. The highest BCUT2D eigenvalue weighted by Crippen LogP contribution is 2.24. The standard InChI is InChI=1S/C17H21N3O5S/c21-20(22)16-5-1-2-6-17(16)26(23,24)18-12-14-7-9-19(10-8-14)13-15-4-3-11-25-15/h1-6,11,14,18H,7-10,12-13H2. The Kier molecular flexibility index (Phi) is 5.70. The van der Waals surface area contributed by atoms with E-state index in [1.54, 1.807) is 6.26 Å². The number of nitro groups is 1. The molecule has 1 aromatic heterocycles. The number of nitrogens with zero attached hydrogens (tertiary/aromatic N) is 2. The molecule has 26 heavy (non-hydrogen) atoms. The van der Waals surface area contributed by atoms with Gasteiger partial charge < -0.3 is 4.42 Å². The number of nitrogens with one attached hydrogen (secondary N) is 1. The summed E-state index contributed by atoms with van der Waals surface area (Å²) < 4.78 is 32.8. The first kappa shape index (κ1) is 18.6. The number of hydrogen-bond donors (Lipinski definition) is 1. The van der Waals surface area contributed by atoms with Crippen molar-refractivity contribution in [1.29, 1.82) is 0 Å². The largest absolute Gasteiger partial charge is 0.468 e. The first-order chi connectivity index (χ1) is 12.5. The maximum absolute atomic E-state index is 12.4. The zero-order valence-corrected chi connectivity index (χ0v) is 15.0. The molecule has 1 N–H and O–H groups in total. The summed E-state index contributed by atoms with van der Waals surface area (Å²) in [5, 5.41) is 11.0. The van der Waals surface area contributed by atoms with Crippen LogP contribution in [0, 0.1) is 16.0 Å². The van der Waals surface area contributed by atoms with Crippen LogP contribution in [0.25, 0.3) is 0 Å². The van der Waals surface area contributed by atoms with Gasteiger partial charge in [-0.05, 0) is 50.0 Å². The number of benzene rings is 1. The van der Waals surface area contributed by atoms with Crippen molar-refractivity contribution in [2.24, 2.45) is 5.92 Å². The predicted octanol–water partition coefficient (Wildman–Crippen LogP) is 2.38. The van der Waals surface area contributed by atoms with Crippen LogP contribution < -0.4 is 4.72 Å². The summed E-state index contributed by atoms with van der Waals surface area (Å²) in [6, 6.07) is 9.18. The van der Waals surface area contributed by atoms with Gasteiger partial charge in [-0.1, -0.05) is 12.1 Å². The molecule has 0 aliphatic carbocycles. The van der Waals surface area contributed by atoms with Crippen molar-refractivity contribution in [3.05, 3.63) is 58.5 Å². The normalized spacial score (nSPS) is 16.6. The summed E-state index contributed by atoms with van der Waals surface area (Å²) in [5.41, 5.74) is -0.409. The third-order valence-electron chi connectivity index (χ3n) is 4.58. The van der Waals surface area contributed by atoms with Crippen molar-refractivity contribution >= 4 is 15.7 Å². The molecular formula is C17H21N3O5S. The number of nitro benzene ring substituents is 1. The predicted molar refractivity (Wildman–Crippen MR) is 95.0 cm³/mol. The van der Waals surface area contributed by atoms with E-state index >= 15 is 0 Å². The smallest absolute Gasteiger partial charge is 0.289 e. The lowest BCUT2D eigenvalue weighted by Gasteiger charge is -2.31. The van der Waals surface area contributed by atoms with Gasteiger partial charge in [0.2, 0.25) is 10.0 Å². The third kappa shape index (κ3) is 4.48. The van der Waals surface area contributed by atoms with Crippen LogP contribution in [0.2, 0.25) is 0 Å². The summed E-state index contributed by atoms with van der Waals surface area (Å²) in [6.45, 7) is 2.75. The first-order valence-electron chi connectivity index (χ1n) is 8.43. The fraction of sp³-hybridized carbons (Fsp3) is 0.412. The van der Waals surface area contributed by atoms with Crippen molar-refractivity contribution < 1.29 is 17.8 Å². The second-order valence-electron chi connectivity index (χ2n) is 6.38. The quantitative estimate of drug-likeness (QED) is 0.585. The van der Waals surface area contributed by atoms with Gasteiger partial charge in [-0.2, -0.15) is 0 Å². The molecule has 0 atom stereocenters. The van der Waals surface area contributed by atoms with Crippen molar-refractivity contribution in [3.63, 3.8) is 0 Å². The lowest BCUT2D eigenvalue weighted by molar-refractivity contribution is -0.387. The molecule has 1 fully saturated rings. The lowest BCUT2D eigenvalue weighted by atomic mass is 9.97. The number of furan rings is 1. The molecule has 1 aliphatic heterocycles. The number of likely N-dealkylation sites (tertiary alicyclic amines) is 1. The minimum absolute atomic E-state index is 0.209. The molecular weight excluding hydrogens is 358 g/mol. The van der Waals surface area contributed by atoms with Crippen molar-refractivity contribution in [1.82, 2.24) is 9.62 Å². The minimum atomic E-state index is -3.91. The van der Waals surface area contributed by atoms with Gasteiger partial charge >= 0.3 is 0 Å².